The Balaban J connectivity index is 1.17. The van der Waals surface area contributed by atoms with Crippen molar-refractivity contribution >= 4 is 53.4 Å². The van der Waals surface area contributed by atoms with Crippen molar-refractivity contribution in [3.63, 3.8) is 0 Å². The first kappa shape index (κ1) is 32.3. The summed E-state index contributed by atoms with van der Waals surface area (Å²) in [6.45, 7) is 0. The number of nitrogens with zero attached hydrogens (tertiary/aromatic N) is 3. The maximum atomic E-state index is 5.27. The fourth-order valence-corrected chi connectivity index (χ4v) is 9.44. The minimum atomic E-state index is 0.734. The van der Waals surface area contributed by atoms with Crippen LogP contribution in [-0.4, -0.2) is 14.5 Å². The molecule has 8 aromatic carbocycles. The van der Waals surface area contributed by atoms with Crippen LogP contribution in [0.4, 0.5) is 0 Å². The summed E-state index contributed by atoms with van der Waals surface area (Å²) in [5, 5.41) is 3.61. The third-order valence-electron chi connectivity index (χ3n) is 10.8. The molecule has 0 spiro atoms. The highest BCUT2D eigenvalue weighted by Crippen LogP contribution is 2.45. The van der Waals surface area contributed by atoms with Gasteiger partial charge in [0.25, 0.3) is 0 Å². The lowest BCUT2D eigenvalue weighted by Crippen LogP contribution is -1.96. The predicted molar refractivity (Wildman–Crippen MR) is 236 cm³/mol. The van der Waals surface area contributed by atoms with Crippen LogP contribution in [0, 0.1) is 0 Å². The Morgan fingerprint density at radius 1 is 0.357 bits per heavy atom. The summed E-state index contributed by atoms with van der Waals surface area (Å²) in [5.74, 6) is 0.734. The molecule has 11 rings (SSSR count). The Hall–Kier alpha value is -7.14. The van der Waals surface area contributed by atoms with Gasteiger partial charge in [-0.2, -0.15) is 0 Å². The molecule has 4 heteroatoms. The molecule has 0 aliphatic rings. The Bertz CT molecular complexity index is 3220. The van der Waals surface area contributed by atoms with Crippen LogP contribution in [-0.2, 0) is 0 Å². The van der Waals surface area contributed by atoms with E-state index in [9.17, 15) is 0 Å². The minimum Gasteiger partial charge on any atom is -0.309 e. The highest BCUT2D eigenvalue weighted by Gasteiger charge is 2.20. The van der Waals surface area contributed by atoms with Crippen molar-refractivity contribution in [2.45, 2.75) is 0 Å². The number of hydrogen-bond acceptors (Lipinski definition) is 3. The normalized spacial score (nSPS) is 11.6. The standard InChI is InChI=1S/C52H33N3S/c1-5-16-34(17-6-1)38-28-29-47-45(33-38)43-24-13-14-27-46(43)55(47)41-31-39(35-18-7-2-8-19-35)30-40(32-41)42-25-15-26-44-49-51(56-50(42)44)48(36-20-9-3-10-21-36)53-52(54-49)37-22-11-4-12-23-37/h1-33H. The molecule has 0 N–H and O–H groups in total. The van der Waals surface area contributed by atoms with E-state index in [1.807, 2.05) is 18.2 Å². The quantitative estimate of drug-likeness (QED) is 0.170. The van der Waals surface area contributed by atoms with Gasteiger partial charge in [0.2, 0.25) is 0 Å². The largest absolute Gasteiger partial charge is 0.309 e. The third-order valence-corrected chi connectivity index (χ3v) is 12.0. The first-order valence-corrected chi connectivity index (χ1v) is 19.7. The topological polar surface area (TPSA) is 30.7 Å². The molecule has 0 amide bonds. The fourth-order valence-electron chi connectivity index (χ4n) is 8.15. The average molecular weight is 732 g/mol. The Labute approximate surface area is 328 Å². The van der Waals surface area contributed by atoms with Crippen molar-refractivity contribution in [3.8, 4) is 61.7 Å². The second-order valence-corrected chi connectivity index (χ2v) is 15.2. The van der Waals surface area contributed by atoms with E-state index in [1.54, 1.807) is 11.3 Å². The number of rotatable bonds is 6. The van der Waals surface area contributed by atoms with Crippen LogP contribution in [0.5, 0.6) is 0 Å². The summed E-state index contributed by atoms with van der Waals surface area (Å²) >= 11 is 1.79. The molecule has 0 aliphatic carbocycles. The van der Waals surface area contributed by atoms with Crippen molar-refractivity contribution in [2.75, 3.05) is 0 Å². The summed E-state index contributed by atoms with van der Waals surface area (Å²) in [5.41, 5.74) is 14.6. The first-order valence-electron chi connectivity index (χ1n) is 18.9. The maximum absolute atomic E-state index is 5.27. The molecule has 262 valence electrons. The van der Waals surface area contributed by atoms with Crippen LogP contribution in [0.3, 0.4) is 0 Å². The van der Waals surface area contributed by atoms with Crippen molar-refractivity contribution in [1.82, 2.24) is 14.5 Å². The van der Waals surface area contributed by atoms with E-state index in [4.69, 9.17) is 9.97 Å². The molecule has 0 aliphatic heterocycles. The SMILES string of the molecule is c1ccc(-c2cc(-c3cccc4c3sc3c(-c5ccccc5)nc(-c5ccccc5)nc34)cc(-n3c4ccccc4c4cc(-c5ccccc5)ccc43)c2)cc1. The van der Waals surface area contributed by atoms with Gasteiger partial charge in [0, 0.05) is 37.7 Å². The van der Waals surface area contributed by atoms with Gasteiger partial charge < -0.3 is 4.57 Å². The van der Waals surface area contributed by atoms with E-state index in [1.165, 1.54) is 54.3 Å². The zero-order chi connectivity index (χ0) is 37.0. The smallest absolute Gasteiger partial charge is 0.160 e. The molecule has 56 heavy (non-hydrogen) atoms. The highest BCUT2D eigenvalue weighted by atomic mass is 32.1. The van der Waals surface area contributed by atoms with Crippen molar-refractivity contribution in [3.05, 3.63) is 200 Å². The summed E-state index contributed by atoms with van der Waals surface area (Å²) in [6, 6.07) is 71.5. The van der Waals surface area contributed by atoms with E-state index >= 15 is 0 Å². The number of benzene rings is 8. The molecule has 0 unspecified atom stereocenters. The van der Waals surface area contributed by atoms with Gasteiger partial charge in [0.05, 0.1) is 26.9 Å². The van der Waals surface area contributed by atoms with Crippen LogP contribution in [0.1, 0.15) is 0 Å². The molecule has 3 heterocycles. The van der Waals surface area contributed by atoms with Gasteiger partial charge in [-0.15, -0.1) is 11.3 Å². The van der Waals surface area contributed by atoms with E-state index in [-0.39, 0.29) is 0 Å². The maximum Gasteiger partial charge on any atom is 0.160 e. The third kappa shape index (κ3) is 5.42. The van der Waals surface area contributed by atoms with E-state index in [2.05, 4.69) is 187 Å². The Morgan fingerprint density at radius 3 is 1.68 bits per heavy atom. The van der Waals surface area contributed by atoms with Crippen LogP contribution in [0.25, 0.3) is 104 Å². The Kier molecular flexibility index (Phi) is 7.68. The van der Waals surface area contributed by atoms with E-state index in [0.29, 0.717) is 0 Å². The molecular formula is C52H33N3S. The molecular weight excluding hydrogens is 699 g/mol. The molecule has 0 fully saturated rings. The van der Waals surface area contributed by atoms with E-state index < -0.39 is 0 Å². The lowest BCUT2D eigenvalue weighted by Gasteiger charge is -2.14. The van der Waals surface area contributed by atoms with Gasteiger partial charge in [-0.1, -0.05) is 164 Å². The molecule has 0 saturated heterocycles. The second kappa shape index (κ2) is 13.3. The van der Waals surface area contributed by atoms with Crippen LogP contribution < -0.4 is 0 Å². The van der Waals surface area contributed by atoms with Crippen LogP contribution in [0.15, 0.2) is 200 Å². The van der Waals surface area contributed by atoms with Crippen molar-refractivity contribution in [1.29, 1.82) is 0 Å². The fraction of sp³-hybridized carbons (Fsp3) is 0. The zero-order valence-electron chi connectivity index (χ0n) is 30.3. The molecule has 0 bridgehead atoms. The number of aromatic nitrogens is 3. The van der Waals surface area contributed by atoms with Crippen LogP contribution in [0.2, 0.25) is 0 Å². The molecule has 0 saturated carbocycles. The number of hydrogen-bond donors (Lipinski definition) is 0. The van der Waals surface area contributed by atoms with Crippen molar-refractivity contribution in [2.24, 2.45) is 0 Å². The Morgan fingerprint density at radius 2 is 0.946 bits per heavy atom. The molecule has 0 radical (unpaired) electrons. The van der Waals surface area contributed by atoms with Gasteiger partial charge in [-0.3, -0.25) is 0 Å². The summed E-state index contributed by atoms with van der Waals surface area (Å²) in [7, 11) is 0. The van der Waals surface area contributed by atoms with Gasteiger partial charge >= 0.3 is 0 Å². The van der Waals surface area contributed by atoms with E-state index in [0.717, 1.165) is 49.5 Å². The summed E-state index contributed by atoms with van der Waals surface area (Å²) < 4.78 is 4.73. The minimum absolute atomic E-state index is 0.734. The predicted octanol–water partition coefficient (Wildman–Crippen LogP) is 14.3. The lowest BCUT2D eigenvalue weighted by atomic mass is 9.97. The zero-order valence-corrected chi connectivity index (χ0v) is 31.1. The van der Waals surface area contributed by atoms with Gasteiger partial charge in [0.1, 0.15) is 0 Å². The number of fused-ring (bicyclic) bond motifs is 6. The van der Waals surface area contributed by atoms with Gasteiger partial charge in [-0.05, 0) is 69.8 Å². The van der Waals surface area contributed by atoms with Crippen molar-refractivity contribution < 1.29 is 0 Å². The second-order valence-electron chi connectivity index (χ2n) is 14.2. The molecule has 11 aromatic rings. The number of para-hydroxylation sites is 1. The molecule has 3 aromatic heterocycles. The van der Waals surface area contributed by atoms with Gasteiger partial charge in [0.15, 0.2) is 5.82 Å². The molecule has 0 atom stereocenters. The average Bonchev–Trinajstić information content (AvgIpc) is 3.83. The number of thiophene rings is 1. The monoisotopic (exact) mass is 731 g/mol. The lowest BCUT2D eigenvalue weighted by molar-refractivity contribution is 1.18. The van der Waals surface area contributed by atoms with Gasteiger partial charge in [-0.25, -0.2) is 9.97 Å². The summed E-state index contributed by atoms with van der Waals surface area (Å²) in [4.78, 5) is 10.5. The molecule has 3 nitrogen and oxygen atoms in total. The summed E-state index contributed by atoms with van der Waals surface area (Å²) in [6.07, 6.45) is 0. The van der Waals surface area contributed by atoms with Crippen LogP contribution >= 0.6 is 11.3 Å². The first-order chi connectivity index (χ1) is 27.8. The highest BCUT2D eigenvalue weighted by molar-refractivity contribution is 7.26.